The highest BCUT2D eigenvalue weighted by Gasteiger charge is 2.24. The van der Waals surface area contributed by atoms with Crippen molar-refractivity contribution in [2.75, 3.05) is 23.7 Å². The Morgan fingerprint density at radius 1 is 1.28 bits per heavy atom. The van der Waals surface area contributed by atoms with Crippen molar-refractivity contribution in [2.45, 2.75) is 25.1 Å². The van der Waals surface area contributed by atoms with E-state index in [1.807, 2.05) is 47.8 Å². The van der Waals surface area contributed by atoms with Gasteiger partial charge in [0.1, 0.15) is 0 Å². The molecule has 9 heteroatoms. The lowest BCUT2D eigenvalue weighted by Gasteiger charge is -2.33. The fourth-order valence-corrected chi connectivity index (χ4v) is 5.09. The third-order valence-corrected chi connectivity index (χ3v) is 7.27. The molecule has 1 fully saturated rings. The van der Waals surface area contributed by atoms with Gasteiger partial charge in [0.15, 0.2) is 5.76 Å². The molecule has 2 amide bonds. The summed E-state index contributed by atoms with van der Waals surface area (Å²) < 4.78 is 5.36. The third kappa shape index (κ3) is 5.92. The SMILES string of the molecule is NC(=O)[C@@H]1CCCN(c2ccc(CNC(=O)CSCc3cc(-c4cccs4)on3)cc2)C1. The molecule has 3 aromatic rings. The molecule has 1 saturated heterocycles. The Morgan fingerprint density at radius 3 is 2.88 bits per heavy atom. The Balaban J connectivity index is 1.18. The van der Waals surface area contributed by atoms with Crippen LogP contribution < -0.4 is 16.0 Å². The van der Waals surface area contributed by atoms with Gasteiger partial charge in [0.2, 0.25) is 11.8 Å². The number of hydrogen-bond donors (Lipinski definition) is 2. The van der Waals surface area contributed by atoms with Crippen molar-refractivity contribution < 1.29 is 14.1 Å². The van der Waals surface area contributed by atoms with Crippen LogP contribution in [0, 0.1) is 5.92 Å². The second-order valence-corrected chi connectivity index (χ2v) is 9.72. The summed E-state index contributed by atoms with van der Waals surface area (Å²) in [6, 6.07) is 14.0. The number of hydrogen-bond acceptors (Lipinski definition) is 7. The summed E-state index contributed by atoms with van der Waals surface area (Å²) in [6.07, 6.45) is 1.83. The molecule has 168 valence electrons. The van der Waals surface area contributed by atoms with E-state index in [0.29, 0.717) is 24.6 Å². The van der Waals surface area contributed by atoms with Gasteiger partial charge in [0, 0.05) is 37.1 Å². The van der Waals surface area contributed by atoms with Crippen molar-refractivity contribution >= 4 is 40.6 Å². The number of thiophene rings is 1. The number of rotatable bonds is 9. The number of nitrogens with two attached hydrogens (primary N) is 1. The van der Waals surface area contributed by atoms with Crippen molar-refractivity contribution in [1.29, 1.82) is 0 Å². The second kappa shape index (κ2) is 10.7. The molecular formula is C23H26N4O3S2. The number of anilines is 1. The molecule has 1 atom stereocenters. The Kier molecular flexibility index (Phi) is 7.49. The van der Waals surface area contributed by atoms with E-state index in [1.54, 1.807) is 11.3 Å². The predicted octanol–water partition coefficient (Wildman–Crippen LogP) is 3.65. The molecule has 3 heterocycles. The Bertz CT molecular complexity index is 1030. The summed E-state index contributed by atoms with van der Waals surface area (Å²) in [7, 11) is 0. The number of carbonyl (C=O) groups excluding carboxylic acids is 2. The molecule has 7 nitrogen and oxygen atoms in total. The van der Waals surface area contributed by atoms with E-state index in [1.165, 1.54) is 11.8 Å². The molecule has 0 aliphatic carbocycles. The van der Waals surface area contributed by atoms with Gasteiger partial charge in [-0.2, -0.15) is 0 Å². The van der Waals surface area contributed by atoms with Crippen LogP contribution in [0.5, 0.6) is 0 Å². The summed E-state index contributed by atoms with van der Waals surface area (Å²) in [5, 5.41) is 9.03. The number of primary amides is 1. The maximum absolute atomic E-state index is 12.2. The average molecular weight is 471 g/mol. The molecule has 0 radical (unpaired) electrons. The maximum atomic E-state index is 12.2. The third-order valence-electron chi connectivity index (χ3n) is 5.42. The Labute approximate surface area is 195 Å². The topological polar surface area (TPSA) is 101 Å². The van der Waals surface area contributed by atoms with Gasteiger partial charge < -0.3 is 20.5 Å². The molecule has 32 heavy (non-hydrogen) atoms. The van der Waals surface area contributed by atoms with Crippen molar-refractivity contribution in [3.05, 3.63) is 59.1 Å². The van der Waals surface area contributed by atoms with Crippen molar-refractivity contribution in [1.82, 2.24) is 10.5 Å². The zero-order valence-electron chi connectivity index (χ0n) is 17.7. The zero-order valence-corrected chi connectivity index (χ0v) is 19.3. The van der Waals surface area contributed by atoms with Crippen LogP contribution in [0.4, 0.5) is 5.69 Å². The van der Waals surface area contributed by atoms with Gasteiger partial charge >= 0.3 is 0 Å². The van der Waals surface area contributed by atoms with E-state index < -0.39 is 0 Å². The minimum absolute atomic E-state index is 0.0126. The number of aromatic nitrogens is 1. The summed E-state index contributed by atoms with van der Waals surface area (Å²) in [4.78, 5) is 26.9. The van der Waals surface area contributed by atoms with Gasteiger partial charge in [-0.3, -0.25) is 9.59 Å². The van der Waals surface area contributed by atoms with Crippen molar-refractivity contribution in [3.8, 4) is 10.6 Å². The average Bonchev–Trinajstić information content (AvgIpc) is 3.50. The molecule has 3 N–H and O–H groups in total. The molecule has 2 aromatic heterocycles. The summed E-state index contributed by atoms with van der Waals surface area (Å²) in [5.74, 6) is 1.43. The quantitative estimate of drug-likeness (QED) is 0.495. The van der Waals surface area contributed by atoms with Crippen LogP contribution in [0.2, 0.25) is 0 Å². The van der Waals surface area contributed by atoms with Crippen LogP contribution in [0.1, 0.15) is 24.1 Å². The fraction of sp³-hybridized carbons (Fsp3) is 0.348. The Morgan fingerprint density at radius 2 is 2.12 bits per heavy atom. The first kappa shape index (κ1) is 22.4. The first-order valence-electron chi connectivity index (χ1n) is 10.6. The summed E-state index contributed by atoms with van der Waals surface area (Å²) >= 11 is 3.12. The molecule has 0 unspecified atom stereocenters. The van der Waals surface area contributed by atoms with E-state index in [-0.39, 0.29) is 17.7 Å². The van der Waals surface area contributed by atoms with Gasteiger partial charge in [0.05, 0.1) is 22.2 Å². The number of benzene rings is 1. The largest absolute Gasteiger partial charge is 0.371 e. The maximum Gasteiger partial charge on any atom is 0.230 e. The van der Waals surface area contributed by atoms with Crippen molar-refractivity contribution in [2.24, 2.45) is 11.7 Å². The summed E-state index contributed by atoms with van der Waals surface area (Å²) in [6.45, 7) is 2.08. The number of amides is 2. The molecule has 0 saturated carbocycles. The van der Waals surface area contributed by atoms with Gasteiger partial charge in [-0.05, 0) is 42.0 Å². The predicted molar refractivity (Wildman–Crippen MR) is 128 cm³/mol. The van der Waals surface area contributed by atoms with E-state index in [9.17, 15) is 9.59 Å². The molecule has 0 spiro atoms. The lowest BCUT2D eigenvalue weighted by molar-refractivity contribution is -0.122. The summed E-state index contributed by atoms with van der Waals surface area (Å²) in [5.41, 5.74) is 8.42. The molecule has 1 aliphatic heterocycles. The first-order valence-corrected chi connectivity index (χ1v) is 12.6. The van der Waals surface area contributed by atoms with Gasteiger partial charge in [-0.25, -0.2) is 0 Å². The van der Waals surface area contributed by atoms with Gasteiger partial charge in [-0.1, -0.05) is 23.4 Å². The van der Waals surface area contributed by atoms with Crippen LogP contribution in [0.25, 0.3) is 10.6 Å². The van der Waals surface area contributed by atoms with E-state index >= 15 is 0 Å². The normalized spacial score (nSPS) is 16.1. The molecule has 1 aliphatic rings. The van der Waals surface area contributed by atoms with Gasteiger partial charge in [-0.15, -0.1) is 23.1 Å². The number of piperidine rings is 1. The highest BCUT2D eigenvalue weighted by Crippen LogP contribution is 2.26. The smallest absolute Gasteiger partial charge is 0.230 e. The standard InChI is InChI=1S/C23H26N4O3S2/c24-23(29)17-3-1-9-27(13-17)19-7-5-16(6-8-19)12-25-22(28)15-31-14-18-11-20(30-26-18)21-4-2-10-32-21/h2,4-8,10-11,17H,1,3,9,12-15H2,(H2,24,29)(H,25,28)/t17-/m1/s1. The van der Waals surface area contributed by atoms with Crippen LogP contribution >= 0.6 is 23.1 Å². The monoisotopic (exact) mass is 470 g/mol. The van der Waals surface area contributed by atoms with Crippen LogP contribution in [-0.4, -0.2) is 35.8 Å². The second-order valence-electron chi connectivity index (χ2n) is 7.78. The zero-order chi connectivity index (χ0) is 22.3. The molecule has 4 rings (SSSR count). The van der Waals surface area contributed by atoms with E-state index in [4.69, 9.17) is 10.3 Å². The highest BCUT2D eigenvalue weighted by atomic mass is 32.2. The van der Waals surface area contributed by atoms with Crippen molar-refractivity contribution in [3.63, 3.8) is 0 Å². The molecule has 1 aromatic carbocycles. The van der Waals surface area contributed by atoms with Crippen LogP contribution in [0.3, 0.4) is 0 Å². The first-order chi connectivity index (χ1) is 15.6. The molecule has 0 bridgehead atoms. The van der Waals surface area contributed by atoms with Gasteiger partial charge in [0.25, 0.3) is 0 Å². The van der Waals surface area contributed by atoms with E-state index in [2.05, 4.69) is 15.4 Å². The lowest BCUT2D eigenvalue weighted by atomic mass is 9.97. The number of nitrogens with zero attached hydrogens (tertiary/aromatic N) is 2. The van der Waals surface area contributed by atoms with E-state index in [0.717, 1.165) is 47.0 Å². The Hall–Kier alpha value is -2.78. The number of nitrogens with one attached hydrogen (secondary N) is 1. The lowest BCUT2D eigenvalue weighted by Crippen LogP contribution is -2.41. The highest BCUT2D eigenvalue weighted by molar-refractivity contribution is 7.99. The van der Waals surface area contributed by atoms with Crippen LogP contribution in [0.15, 0.2) is 52.4 Å². The minimum atomic E-state index is -0.224. The van der Waals surface area contributed by atoms with Crippen LogP contribution in [-0.2, 0) is 21.9 Å². The number of carbonyl (C=O) groups is 2. The number of thioether (sulfide) groups is 1. The fourth-order valence-electron chi connectivity index (χ4n) is 3.68. The molecular weight excluding hydrogens is 444 g/mol. The minimum Gasteiger partial charge on any atom is -0.371 e.